The molecule has 3 rings (SSSR count). The first-order chi connectivity index (χ1) is 9.72. The Morgan fingerprint density at radius 2 is 2.05 bits per heavy atom. The molecule has 3 heteroatoms. The highest BCUT2D eigenvalue weighted by molar-refractivity contribution is 5.79. The molecule has 106 valence electrons. The van der Waals surface area contributed by atoms with Crippen molar-refractivity contribution in [2.75, 3.05) is 0 Å². The van der Waals surface area contributed by atoms with Crippen LogP contribution < -0.4 is 5.32 Å². The maximum absolute atomic E-state index is 9.98. The Labute approximate surface area is 120 Å². The molecule has 1 aliphatic carbocycles. The number of benzene rings is 1. The Kier molecular flexibility index (Phi) is 3.99. The molecule has 0 bridgehead atoms. The van der Waals surface area contributed by atoms with Gasteiger partial charge in [-0.3, -0.25) is 4.98 Å². The van der Waals surface area contributed by atoms with E-state index in [1.165, 1.54) is 17.4 Å². The standard InChI is InChI=1S/C17H22N2O/c1-12-6-8-14-10-13(7-9-15(14)19-12)11-18-16-4-2-3-5-17(16)20/h6-10,16-18,20H,2-5,11H2,1H3. The van der Waals surface area contributed by atoms with E-state index in [1.807, 2.05) is 13.0 Å². The van der Waals surface area contributed by atoms with Crippen LogP contribution in [0.25, 0.3) is 10.9 Å². The van der Waals surface area contributed by atoms with Crippen molar-refractivity contribution < 1.29 is 5.11 Å². The second-order valence-electron chi connectivity index (χ2n) is 5.82. The fourth-order valence-electron chi connectivity index (χ4n) is 2.99. The van der Waals surface area contributed by atoms with Crippen LogP contribution in [0.2, 0.25) is 0 Å². The third kappa shape index (κ3) is 3.00. The summed E-state index contributed by atoms with van der Waals surface area (Å²) in [4.78, 5) is 4.52. The quantitative estimate of drug-likeness (QED) is 0.901. The van der Waals surface area contributed by atoms with Crippen LogP contribution >= 0.6 is 0 Å². The van der Waals surface area contributed by atoms with Gasteiger partial charge in [0.05, 0.1) is 11.6 Å². The van der Waals surface area contributed by atoms with E-state index >= 15 is 0 Å². The van der Waals surface area contributed by atoms with Crippen molar-refractivity contribution in [1.29, 1.82) is 0 Å². The average Bonchev–Trinajstić information content (AvgIpc) is 2.46. The monoisotopic (exact) mass is 270 g/mol. The van der Waals surface area contributed by atoms with Crippen LogP contribution in [0.15, 0.2) is 30.3 Å². The molecule has 0 spiro atoms. The van der Waals surface area contributed by atoms with Gasteiger partial charge in [-0.25, -0.2) is 0 Å². The van der Waals surface area contributed by atoms with Crippen LogP contribution in [-0.2, 0) is 6.54 Å². The number of aryl methyl sites for hydroxylation is 1. The van der Waals surface area contributed by atoms with E-state index in [1.54, 1.807) is 0 Å². The Morgan fingerprint density at radius 3 is 2.90 bits per heavy atom. The van der Waals surface area contributed by atoms with Gasteiger partial charge in [-0.2, -0.15) is 0 Å². The third-order valence-corrected chi connectivity index (χ3v) is 4.19. The van der Waals surface area contributed by atoms with Crippen LogP contribution in [-0.4, -0.2) is 22.2 Å². The topological polar surface area (TPSA) is 45.1 Å². The number of hydrogen-bond acceptors (Lipinski definition) is 3. The summed E-state index contributed by atoms with van der Waals surface area (Å²) >= 11 is 0. The molecule has 1 aromatic heterocycles. The molecule has 2 unspecified atom stereocenters. The predicted molar refractivity (Wildman–Crippen MR) is 81.6 cm³/mol. The van der Waals surface area contributed by atoms with Crippen LogP contribution in [0.3, 0.4) is 0 Å². The van der Waals surface area contributed by atoms with Crippen molar-refractivity contribution >= 4 is 10.9 Å². The Morgan fingerprint density at radius 1 is 1.20 bits per heavy atom. The van der Waals surface area contributed by atoms with Crippen molar-refractivity contribution in [1.82, 2.24) is 10.3 Å². The molecule has 1 saturated carbocycles. The van der Waals surface area contributed by atoms with E-state index in [2.05, 4.69) is 34.6 Å². The zero-order valence-corrected chi connectivity index (χ0v) is 12.0. The molecule has 20 heavy (non-hydrogen) atoms. The molecular weight excluding hydrogens is 248 g/mol. The van der Waals surface area contributed by atoms with Gasteiger partial charge in [0.1, 0.15) is 0 Å². The van der Waals surface area contributed by atoms with Gasteiger partial charge in [0, 0.05) is 23.7 Å². The van der Waals surface area contributed by atoms with Crippen molar-refractivity contribution in [2.24, 2.45) is 0 Å². The lowest BCUT2D eigenvalue weighted by molar-refractivity contribution is 0.0903. The first kappa shape index (κ1) is 13.5. The Hall–Kier alpha value is -1.45. The molecule has 0 amide bonds. The first-order valence-electron chi connectivity index (χ1n) is 7.50. The number of nitrogens with one attached hydrogen (secondary N) is 1. The number of pyridine rings is 1. The predicted octanol–water partition coefficient (Wildman–Crippen LogP) is 2.94. The molecule has 1 aromatic carbocycles. The number of rotatable bonds is 3. The number of aliphatic hydroxyl groups is 1. The van der Waals surface area contributed by atoms with Gasteiger partial charge in [-0.1, -0.05) is 25.0 Å². The smallest absolute Gasteiger partial charge is 0.0705 e. The summed E-state index contributed by atoms with van der Waals surface area (Å²) in [5.74, 6) is 0. The molecule has 0 aliphatic heterocycles. The largest absolute Gasteiger partial charge is 0.392 e. The summed E-state index contributed by atoms with van der Waals surface area (Å²) in [6.45, 7) is 2.82. The zero-order chi connectivity index (χ0) is 13.9. The van der Waals surface area contributed by atoms with E-state index in [9.17, 15) is 5.11 Å². The minimum atomic E-state index is -0.187. The Balaban J connectivity index is 1.69. The summed E-state index contributed by atoms with van der Waals surface area (Å²) in [6, 6.07) is 10.8. The van der Waals surface area contributed by atoms with Gasteiger partial charge >= 0.3 is 0 Å². The van der Waals surface area contributed by atoms with Crippen LogP contribution in [0.4, 0.5) is 0 Å². The Bertz CT molecular complexity index is 597. The molecule has 3 nitrogen and oxygen atoms in total. The molecule has 0 saturated heterocycles. The second-order valence-corrected chi connectivity index (χ2v) is 5.82. The minimum absolute atomic E-state index is 0.187. The lowest BCUT2D eigenvalue weighted by Crippen LogP contribution is -2.41. The van der Waals surface area contributed by atoms with Crippen LogP contribution in [0.1, 0.15) is 36.9 Å². The summed E-state index contributed by atoms with van der Waals surface area (Å²) in [5.41, 5.74) is 3.35. The number of aliphatic hydroxyl groups excluding tert-OH is 1. The fourth-order valence-corrected chi connectivity index (χ4v) is 2.99. The summed E-state index contributed by atoms with van der Waals surface area (Å²) in [6.07, 6.45) is 4.19. The average molecular weight is 270 g/mol. The van der Waals surface area contributed by atoms with Crippen LogP contribution in [0.5, 0.6) is 0 Å². The second kappa shape index (κ2) is 5.90. The van der Waals surface area contributed by atoms with Crippen molar-refractivity contribution in [3.63, 3.8) is 0 Å². The van der Waals surface area contributed by atoms with E-state index in [4.69, 9.17) is 0 Å². The van der Waals surface area contributed by atoms with Gasteiger partial charge in [0.15, 0.2) is 0 Å². The molecule has 1 aliphatic rings. The molecule has 0 radical (unpaired) electrons. The van der Waals surface area contributed by atoms with Crippen molar-refractivity contribution in [2.45, 2.75) is 51.3 Å². The number of fused-ring (bicyclic) bond motifs is 1. The maximum Gasteiger partial charge on any atom is 0.0705 e. The van der Waals surface area contributed by atoms with Gasteiger partial charge in [0.25, 0.3) is 0 Å². The summed E-state index contributed by atoms with van der Waals surface area (Å²) < 4.78 is 0. The highest BCUT2D eigenvalue weighted by Crippen LogP contribution is 2.19. The summed E-state index contributed by atoms with van der Waals surface area (Å²) in [5, 5.41) is 14.6. The SMILES string of the molecule is Cc1ccc2cc(CNC3CCCCC3O)ccc2n1. The van der Waals surface area contributed by atoms with E-state index in [-0.39, 0.29) is 12.1 Å². The van der Waals surface area contributed by atoms with Crippen LogP contribution in [0, 0.1) is 6.92 Å². The van der Waals surface area contributed by atoms with Gasteiger partial charge < -0.3 is 10.4 Å². The minimum Gasteiger partial charge on any atom is -0.392 e. The van der Waals surface area contributed by atoms with E-state index < -0.39 is 0 Å². The molecule has 2 atom stereocenters. The van der Waals surface area contributed by atoms with E-state index in [0.717, 1.165) is 37.0 Å². The first-order valence-corrected chi connectivity index (χ1v) is 7.50. The van der Waals surface area contributed by atoms with Crippen molar-refractivity contribution in [3.05, 3.63) is 41.6 Å². The number of nitrogens with zero attached hydrogens (tertiary/aromatic N) is 1. The molecule has 1 heterocycles. The lowest BCUT2D eigenvalue weighted by atomic mass is 9.92. The number of hydrogen-bond donors (Lipinski definition) is 2. The molecule has 1 fully saturated rings. The van der Waals surface area contributed by atoms with Gasteiger partial charge in [0.2, 0.25) is 0 Å². The maximum atomic E-state index is 9.98. The van der Waals surface area contributed by atoms with E-state index in [0.29, 0.717) is 0 Å². The molecular formula is C17H22N2O. The van der Waals surface area contributed by atoms with Crippen molar-refractivity contribution in [3.8, 4) is 0 Å². The number of aromatic nitrogens is 1. The highest BCUT2D eigenvalue weighted by atomic mass is 16.3. The normalized spacial score (nSPS) is 23.1. The highest BCUT2D eigenvalue weighted by Gasteiger charge is 2.22. The summed E-state index contributed by atoms with van der Waals surface area (Å²) in [7, 11) is 0. The zero-order valence-electron chi connectivity index (χ0n) is 12.0. The molecule has 2 aromatic rings. The fraction of sp³-hybridized carbons (Fsp3) is 0.471. The lowest BCUT2D eigenvalue weighted by Gasteiger charge is -2.28. The third-order valence-electron chi connectivity index (χ3n) is 4.19. The van der Waals surface area contributed by atoms with Gasteiger partial charge in [-0.05, 0) is 43.5 Å². The molecule has 2 N–H and O–H groups in total. The van der Waals surface area contributed by atoms with Gasteiger partial charge in [-0.15, -0.1) is 0 Å².